The van der Waals surface area contributed by atoms with Gasteiger partial charge >= 0.3 is 0 Å². The summed E-state index contributed by atoms with van der Waals surface area (Å²) in [4.78, 5) is 32.5. The summed E-state index contributed by atoms with van der Waals surface area (Å²) in [6, 6.07) is 19.7. The van der Waals surface area contributed by atoms with Crippen LogP contribution in [0.25, 0.3) is 39.4 Å². The fourth-order valence-electron chi connectivity index (χ4n) is 6.36. The highest BCUT2D eigenvalue weighted by Crippen LogP contribution is 2.42. The van der Waals surface area contributed by atoms with Gasteiger partial charge in [0.25, 0.3) is 0 Å². The van der Waals surface area contributed by atoms with E-state index in [0.717, 1.165) is 40.7 Å². The van der Waals surface area contributed by atoms with Gasteiger partial charge in [-0.15, -0.1) is 5.10 Å². The molecule has 2 fully saturated rings. The Morgan fingerprint density at radius 1 is 0.796 bits per heavy atom. The number of halogens is 2. The second kappa shape index (κ2) is 14.5. The van der Waals surface area contributed by atoms with E-state index in [9.17, 15) is 9.59 Å². The number of hydrogen-bond acceptors (Lipinski definition) is 8. The highest BCUT2D eigenvalue weighted by Gasteiger charge is 2.22. The summed E-state index contributed by atoms with van der Waals surface area (Å²) in [7, 11) is 1.60. The summed E-state index contributed by atoms with van der Waals surface area (Å²) < 4.78 is 7.40. The predicted molar refractivity (Wildman–Crippen MR) is 189 cm³/mol. The molecule has 4 N–H and O–H groups in total. The van der Waals surface area contributed by atoms with Crippen LogP contribution in [0.5, 0.6) is 5.88 Å². The minimum Gasteiger partial charge on any atom is -0.481 e. The van der Waals surface area contributed by atoms with Crippen LogP contribution in [0.4, 0.5) is 0 Å². The molecule has 7 rings (SSSR count). The lowest BCUT2D eigenvalue weighted by atomic mass is 9.99. The molecule has 3 aromatic heterocycles. The quantitative estimate of drug-likeness (QED) is 0.140. The topological polar surface area (TPSA) is 135 Å². The van der Waals surface area contributed by atoms with E-state index in [-0.39, 0.29) is 23.9 Å². The molecule has 2 aromatic carbocycles. The van der Waals surface area contributed by atoms with Crippen molar-refractivity contribution in [2.24, 2.45) is 0 Å². The zero-order chi connectivity index (χ0) is 33.9. The number of carbonyl (C=O) groups excluding carboxylic acids is 2. The van der Waals surface area contributed by atoms with Crippen molar-refractivity contribution < 1.29 is 14.3 Å². The van der Waals surface area contributed by atoms with Crippen LogP contribution in [0.3, 0.4) is 0 Å². The Hall–Kier alpha value is -4.55. The zero-order valence-corrected chi connectivity index (χ0v) is 28.4. The second-order valence-electron chi connectivity index (χ2n) is 12.3. The molecule has 2 saturated heterocycles. The molecule has 5 aromatic rings. The number of pyridine rings is 2. The van der Waals surface area contributed by atoms with Crippen molar-refractivity contribution in [1.82, 2.24) is 40.8 Å². The lowest BCUT2D eigenvalue weighted by molar-refractivity contribution is -0.120. The highest BCUT2D eigenvalue weighted by molar-refractivity contribution is 6.39. The van der Waals surface area contributed by atoms with Gasteiger partial charge in [0.15, 0.2) is 11.5 Å². The Balaban J connectivity index is 1.09. The Labute approximate surface area is 293 Å². The van der Waals surface area contributed by atoms with Crippen molar-refractivity contribution in [3.8, 4) is 39.7 Å². The van der Waals surface area contributed by atoms with E-state index in [4.69, 9.17) is 43.0 Å². The molecule has 2 aliphatic heterocycles. The molecule has 0 spiro atoms. The smallest absolute Gasteiger partial charge is 0.220 e. The first-order valence-corrected chi connectivity index (χ1v) is 17.1. The Kier molecular flexibility index (Phi) is 9.77. The van der Waals surface area contributed by atoms with Gasteiger partial charge in [-0.2, -0.15) is 0 Å². The standard InChI is InChI=1S/C36H36Cl2N8O3/c1-49-36-22(17-40-19-24-11-15-32(48)42-24)9-12-29(43-36)27-6-2-4-25(33(27)37)26-5-3-7-28(34(26)38)35-44-30-13-8-21(20-46(30)45-35)16-39-18-23-10-14-31(47)41-23/h2-9,12-13,20,23-24,39-40H,10-11,14-19H2,1H3,(H,41,47)(H,42,48)/t23?,24-/m0/s1. The highest BCUT2D eigenvalue weighted by atomic mass is 35.5. The van der Waals surface area contributed by atoms with Crippen molar-refractivity contribution >= 4 is 40.7 Å². The Morgan fingerprint density at radius 2 is 1.43 bits per heavy atom. The molecule has 2 amide bonds. The van der Waals surface area contributed by atoms with E-state index in [1.807, 2.05) is 66.9 Å². The molecule has 1 unspecified atom stereocenters. The lowest BCUT2D eigenvalue weighted by Gasteiger charge is -2.15. The summed E-state index contributed by atoms with van der Waals surface area (Å²) in [5.74, 6) is 1.22. The first-order valence-electron chi connectivity index (χ1n) is 16.3. The van der Waals surface area contributed by atoms with E-state index in [1.165, 1.54) is 0 Å². The maximum Gasteiger partial charge on any atom is 0.220 e. The molecule has 2 atom stereocenters. The van der Waals surface area contributed by atoms with Gasteiger partial charge in [-0.3, -0.25) is 9.59 Å². The molecular weight excluding hydrogens is 663 g/mol. The molecule has 0 saturated carbocycles. The maximum atomic E-state index is 11.5. The van der Waals surface area contributed by atoms with Crippen molar-refractivity contribution in [2.45, 2.75) is 50.9 Å². The van der Waals surface area contributed by atoms with Crippen LogP contribution >= 0.6 is 23.2 Å². The molecule has 11 nitrogen and oxygen atoms in total. The van der Waals surface area contributed by atoms with E-state index >= 15 is 0 Å². The van der Waals surface area contributed by atoms with Crippen molar-refractivity contribution in [1.29, 1.82) is 0 Å². The third kappa shape index (κ3) is 7.25. The van der Waals surface area contributed by atoms with E-state index in [1.54, 1.807) is 11.6 Å². The van der Waals surface area contributed by atoms with Crippen molar-refractivity contribution in [2.75, 3.05) is 20.2 Å². The van der Waals surface area contributed by atoms with E-state index in [2.05, 4.69) is 21.3 Å². The Bertz CT molecular complexity index is 2030. The van der Waals surface area contributed by atoms with Gasteiger partial charge in [0, 0.05) is 85.1 Å². The summed E-state index contributed by atoms with van der Waals surface area (Å²) in [6.07, 6.45) is 4.80. The van der Waals surface area contributed by atoms with Crippen molar-refractivity contribution in [3.05, 3.63) is 88.0 Å². The molecular formula is C36H36Cl2N8O3. The number of nitrogens with zero attached hydrogens (tertiary/aromatic N) is 4. The molecule has 13 heteroatoms. The number of ether oxygens (including phenoxy) is 1. The summed E-state index contributed by atoms with van der Waals surface area (Å²) >= 11 is 14.1. The number of fused-ring (bicyclic) bond motifs is 1. The van der Waals surface area contributed by atoms with Gasteiger partial charge in [0.2, 0.25) is 17.7 Å². The third-order valence-electron chi connectivity index (χ3n) is 8.93. The SMILES string of the molecule is COc1nc(-c2cccc(-c3cccc(-c4nc5ccc(CNCC6CCC(=O)N6)cn5n4)c3Cl)c2Cl)ccc1CNC[C@@H]1CCC(=O)N1. The number of hydrogen-bond donors (Lipinski definition) is 4. The van der Waals surface area contributed by atoms with Crippen LogP contribution in [-0.2, 0) is 22.7 Å². The van der Waals surface area contributed by atoms with Crippen LogP contribution < -0.4 is 26.0 Å². The fraction of sp³-hybridized carbons (Fsp3) is 0.306. The number of rotatable bonds is 12. The average Bonchev–Trinajstić information content (AvgIpc) is 3.84. The van der Waals surface area contributed by atoms with Crippen LogP contribution in [-0.4, -0.2) is 63.7 Å². The number of aromatic nitrogens is 4. The number of nitrogens with one attached hydrogen (secondary N) is 4. The van der Waals surface area contributed by atoms with Gasteiger partial charge in [-0.05, 0) is 36.6 Å². The fourth-order valence-corrected chi connectivity index (χ4v) is 6.99. The number of benzene rings is 2. The van der Waals surface area contributed by atoms with Crippen LogP contribution in [0.2, 0.25) is 10.0 Å². The summed E-state index contributed by atoms with van der Waals surface area (Å²) in [6.45, 7) is 2.59. The molecule has 0 radical (unpaired) electrons. The minimum absolute atomic E-state index is 0.0987. The van der Waals surface area contributed by atoms with Gasteiger partial charge in [-0.25, -0.2) is 14.5 Å². The monoisotopic (exact) mass is 698 g/mol. The minimum atomic E-state index is 0.0987. The van der Waals surface area contributed by atoms with E-state index in [0.29, 0.717) is 77.7 Å². The van der Waals surface area contributed by atoms with Gasteiger partial charge in [-0.1, -0.05) is 65.7 Å². The molecule has 252 valence electrons. The molecule has 5 heterocycles. The number of carbonyl (C=O) groups is 2. The average molecular weight is 700 g/mol. The maximum absolute atomic E-state index is 11.5. The molecule has 0 aliphatic carbocycles. The number of methoxy groups -OCH3 is 1. The van der Waals surface area contributed by atoms with Gasteiger partial charge < -0.3 is 26.0 Å². The van der Waals surface area contributed by atoms with Gasteiger partial charge in [0.1, 0.15) is 0 Å². The Morgan fingerprint density at radius 3 is 2.08 bits per heavy atom. The molecule has 2 aliphatic rings. The third-order valence-corrected chi connectivity index (χ3v) is 9.74. The van der Waals surface area contributed by atoms with Crippen LogP contribution in [0.15, 0.2) is 66.9 Å². The summed E-state index contributed by atoms with van der Waals surface area (Å²) in [5.41, 5.74) is 6.26. The van der Waals surface area contributed by atoms with Crippen molar-refractivity contribution in [3.63, 3.8) is 0 Å². The first-order chi connectivity index (χ1) is 23.9. The van der Waals surface area contributed by atoms with E-state index < -0.39 is 0 Å². The zero-order valence-electron chi connectivity index (χ0n) is 26.9. The molecule has 0 bridgehead atoms. The summed E-state index contributed by atoms with van der Waals surface area (Å²) in [5, 5.41) is 18.5. The number of amides is 2. The largest absolute Gasteiger partial charge is 0.481 e. The molecule has 49 heavy (non-hydrogen) atoms. The lowest BCUT2D eigenvalue weighted by Crippen LogP contribution is -2.35. The normalized spacial score (nSPS) is 17.4. The first kappa shape index (κ1) is 33.0. The second-order valence-corrected chi connectivity index (χ2v) is 13.1. The van der Waals surface area contributed by atoms with Crippen LogP contribution in [0, 0.1) is 0 Å². The van der Waals surface area contributed by atoms with Crippen LogP contribution in [0.1, 0.15) is 36.8 Å². The predicted octanol–water partition coefficient (Wildman–Crippen LogP) is 5.18. The van der Waals surface area contributed by atoms with Gasteiger partial charge in [0.05, 0.1) is 22.8 Å².